The van der Waals surface area contributed by atoms with Gasteiger partial charge in [-0.15, -0.1) is 0 Å². The molecule has 0 atom stereocenters. The molecule has 27 heavy (non-hydrogen) atoms. The van der Waals surface area contributed by atoms with Gasteiger partial charge in [-0.25, -0.2) is 0 Å². The number of amides is 1. The predicted octanol–water partition coefficient (Wildman–Crippen LogP) is 4.56. The number of aryl methyl sites for hydroxylation is 1. The predicted molar refractivity (Wildman–Crippen MR) is 109 cm³/mol. The number of nitrogens with zero attached hydrogens (tertiary/aromatic N) is 3. The van der Waals surface area contributed by atoms with Crippen molar-refractivity contribution in [2.45, 2.75) is 32.2 Å². The van der Waals surface area contributed by atoms with E-state index in [9.17, 15) is 4.79 Å². The van der Waals surface area contributed by atoms with Gasteiger partial charge in [0.25, 0.3) is 0 Å². The van der Waals surface area contributed by atoms with Crippen LogP contribution < -0.4 is 0 Å². The van der Waals surface area contributed by atoms with Crippen molar-refractivity contribution in [3.63, 3.8) is 0 Å². The zero-order valence-electron chi connectivity index (χ0n) is 15.4. The van der Waals surface area contributed by atoms with Gasteiger partial charge in [0.1, 0.15) is 0 Å². The molecule has 1 aliphatic heterocycles. The van der Waals surface area contributed by atoms with E-state index in [1.807, 2.05) is 27.8 Å². The fraction of sp³-hybridized carbons (Fsp3) is 0.364. The summed E-state index contributed by atoms with van der Waals surface area (Å²) < 4.78 is 1.89. The number of rotatable bonds is 5. The molecule has 1 aromatic heterocycles. The Kier molecular flexibility index (Phi) is 5.44. The number of hydrogen-bond donors (Lipinski definition) is 0. The zero-order chi connectivity index (χ0) is 18.6. The summed E-state index contributed by atoms with van der Waals surface area (Å²) in [6, 6.07) is 16.4. The molecule has 1 amide bonds. The maximum atomic E-state index is 12.6. The largest absolute Gasteiger partial charge is 0.343 e. The molecule has 0 spiro atoms. The van der Waals surface area contributed by atoms with E-state index in [0.717, 1.165) is 43.3 Å². The van der Waals surface area contributed by atoms with Gasteiger partial charge in [0.2, 0.25) is 5.91 Å². The van der Waals surface area contributed by atoms with E-state index in [2.05, 4.69) is 35.4 Å². The lowest BCUT2D eigenvalue weighted by Gasteiger charge is -2.32. The summed E-state index contributed by atoms with van der Waals surface area (Å²) in [6.07, 6.45) is 5.59. The van der Waals surface area contributed by atoms with Crippen molar-refractivity contribution in [3.05, 3.63) is 65.3 Å². The van der Waals surface area contributed by atoms with Gasteiger partial charge in [-0.2, -0.15) is 5.10 Å². The van der Waals surface area contributed by atoms with Crippen LogP contribution in [0, 0.1) is 5.92 Å². The molecule has 4 rings (SSSR count). The standard InChI is InChI=1S/C22H24ClN3O/c23-20-6-7-21-19(15-20)16-24-26(21)13-10-22(27)25-11-8-18(9-12-25)14-17-4-2-1-3-5-17/h1-7,15-16,18H,8-14H2. The number of carbonyl (C=O) groups excluding carboxylic acids is 1. The first-order valence-corrected chi connectivity index (χ1v) is 9.99. The maximum absolute atomic E-state index is 12.6. The minimum absolute atomic E-state index is 0.228. The Hall–Kier alpha value is -2.33. The molecular weight excluding hydrogens is 358 g/mol. The fourth-order valence-electron chi connectivity index (χ4n) is 3.93. The van der Waals surface area contributed by atoms with E-state index in [-0.39, 0.29) is 5.91 Å². The molecule has 2 heterocycles. The number of fused-ring (bicyclic) bond motifs is 1. The first-order valence-electron chi connectivity index (χ1n) is 9.62. The molecule has 0 radical (unpaired) electrons. The van der Waals surface area contributed by atoms with Crippen molar-refractivity contribution >= 4 is 28.4 Å². The summed E-state index contributed by atoms with van der Waals surface area (Å²) >= 11 is 6.02. The van der Waals surface area contributed by atoms with Gasteiger partial charge in [0.15, 0.2) is 0 Å². The van der Waals surface area contributed by atoms with Crippen LogP contribution in [0.4, 0.5) is 0 Å². The lowest BCUT2D eigenvalue weighted by molar-refractivity contribution is -0.132. The molecule has 1 fully saturated rings. The number of likely N-dealkylation sites (tertiary alicyclic amines) is 1. The van der Waals surface area contributed by atoms with Crippen molar-refractivity contribution in [1.29, 1.82) is 0 Å². The van der Waals surface area contributed by atoms with Crippen molar-refractivity contribution < 1.29 is 4.79 Å². The normalized spacial score (nSPS) is 15.4. The first kappa shape index (κ1) is 18.1. The lowest BCUT2D eigenvalue weighted by atomic mass is 9.90. The monoisotopic (exact) mass is 381 g/mol. The summed E-state index contributed by atoms with van der Waals surface area (Å²) in [5.74, 6) is 0.905. The molecule has 5 heteroatoms. The second kappa shape index (κ2) is 8.13. The van der Waals surface area contributed by atoms with Crippen LogP contribution >= 0.6 is 11.6 Å². The Morgan fingerprint density at radius 2 is 1.89 bits per heavy atom. The minimum Gasteiger partial charge on any atom is -0.343 e. The molecule has 0 unspecified atom stereocenters. The van der Waals surface area contributed by atoms with Gasteiger partial charge in [0, 0.05) is 29.9 Å². The van der Waals surface area contributed by atoms with Gasteiger partial charge in [0.05, 0.1) is 18.3 Å². The summed E-state index contributed by atoms with van der Waals surface area (Å²) in [6.45, 7) is 2.34. The smallest absolute Gasteiger partial charge is 0.224 e. The quantitative estimate of drug-likeness (QED) is 0.649. The third-order valence-corrected chi connectivity index (χ3v) is 5.71. The van der Waals surface area contributed by atoms with Crippen LogP contribution in [0.2, 0.25) is 5.02 Å². The van der Waals surface area contributed by atoms with Crippen molar-refractivity contribution in [1.82, 2.24) is 14.7 Å². The van der Waals surface area contributed by atoms with E-state index in [1.165, 1.54) is 5.56 Å². The van der Waals surface area contributed by atoms with Gasteiger partial charge < -0.3 is 4.90 Å². The highest BCUT2D eigenvalue weighted by Crippen LogP contribution is 2.23. The van der Waals surface area contributed by atoms with Crippen molar-refractivity contribution in [2.24, 2.45) is 5.92 Å². The van der Waals surface area contributed by atoms with Crippen LogP contribution in [0.5, 0.6) is 0 Å². The van der Waals surface area contributed by atoms with E-state index in [4.69, 9.17) is 11.6 Å². The van der Waals surface area contributed by atoms with E-state index < -0.39 is 0 Å². The van der Waals surface area contributed by atoms with Gasteiger partial charge in [-0.1, -0.05) is 41.9 Å². The molecule has 1 aliphatic rings. The Morgan fingerprint density at radius 3 is 2.67 bits per heavy atom. The highest BCUT2D eigenvalue weighted by atomic mass is 35.5. The van der Waals surface area contributed by atoms with Gasteiger partial charge in [-0.05, 0) is 48.9 Å². The van der Waals surface area contributed by atoms with E-state index in [0.29, 0.717) is 23.9 Å². The molecule has 2 aromatic carbocycles. The Labute approximate surface area is 164 Å². The highest BCUT2D eigenvalue weighted by Gasteiger charge is 2.22. The minimum atomic E-state index is 0.228. The van der Waals surface area contributed by atoms with Crippen LogP contribution in [0.15, 0.2) is 54.7 Å². The summed E-state index contributed by atoms with van der Waals surface area (Å²) in [5, 5.41) is 6.12. The van der Waals surface area contributed by atoms with Crippen molar-refractivity contribution in [3.8, 4) is 0 Å². The molecule has 4 nitrogen and oxygen atoms in total. The van der Waals surface area contributed by atoms with Crippen LogP contribution in [-0.2, 0) is 17.8 Å². The Balaban J connectivity index is 1.28. The van der Waals surface area contributed by atoms with Gasteiger partial charge in [-0.3, -0.25) is 9.48 Å². The summed E-state index contributed by atoms with van der Waals surface area (Å²) in [5.41, 5.74) is 2.42. The fourth-order valence-corrected chi connectivity index (χ4v) is 4.11. The second-order valence-electron chi connectivity index (χ2n) is 7.33. The number of carbonyl (C=O) groups is 1. The number of hydrogen-bond acceptors (Lipinski definition) is 2. The average Bonchev–Trinajstić information content (AvgIpc) is 3.09. The summed E-state index contributed by atoms with van der Waals surface area (Å²) in [4.78, 5) is 14.6. The molecule has 0 saturated carbocycles. The summed E-state index contributed by atoms with van der Waals surface area (Å²) in [7, 11) is 0. The SMILES string of the molecule is O=C(CCn1ncc2cc(Cl)ccc21)N1CCC(Cc2ccccc2)CC1. The number of benzene rings is 2. The van der Waals surface area contributed by atoms with Crippen LogP contribution in [0.1, 0.15) is 24.8 Å². The maximum Gasteiger partial charge on any atom is 0.224 e. The molecule has 0 N–H and O–H groups in total. The van der Waals surface area contributed by atoms with Gasteiger partial charge >= 0.3 is 0 Å². The molecule has 0 bridgehead atoms. The topological polar surface area (TPSA) is 38.1 Å². The third kappa shape index (κ3) is 4.33. The first-order chi connectivity index (χ1) is 13.2. The Bertz CT molecular complexity index is 914. The number of halogens is 1. The Morgan fingerprint density at radius 1 is 1.11 bits per heavy atom. The second-order valence-corrected chi connectivity index (χ2v) is 7.77. The van der Waals surface area contributed by atoms with E-state index >= 15 is 0 Å². The molecule has 3 aromatic rings. The highest BCUT2D eigenvalue weighted by molar-refractivity contribution is 6.31. The lowest BCUT2D eigenvalue weighted by Crippen LogP contribution is -2.39. The van der Waals surface area contributed by atoms with Crippen molar-refractivity contribution in [2.75, 3.05) is 13.1 Å². The molecule has 140 valence electrons. The molecule has 0 aliphatic carbocycles. The van der Waals surface area contributed by atoms with Crippen LogP contribution in [-0.4, -0.2) is 33.7 Å². The number of piperidine rings is 1. The molecular formula is C22H24ClN3O. The molecule has 1 saturated heterocycles. The number of aromatic nitrogens is 2. The van der Waals surface area contributed by atoms with E-state index in [1.54, 1.807) is 6.20 Å². The third-order valence-electron chi connectivity index (χ3n) is 5.48. The average molecular weight is 382 g/mol. The zero-order valence-corrected chi connectivity index (χ0v) is 16.1. The van der Waals surface area contributed by atoms with Crippen LogP contribution in [0.25, 0.3) is 10.9 Å². The van der Waals surface area contributed by atoms with Crippen LogP contribution in [0.3, 0.4) is 0 Å².